The van der Waals surface area contributed by atoms with Crippen LogP contribution >= 0.6 is 0 Å². The van der Waals surface area contributed by atoms with Crippen molar-refractivity contribution < 1.29 is 9.53 Å². The van der Waals surface area contributed by atoms with Gasteiger partial charge in [0.15, 0.2) is 5.65 Å². The van der Waals surface area contributed by atoms with Gasteiger partial charge in [-0.1, -0.05) is 25.7 Å². The van der Waals surface area contributed by atoms with Crippen LogP contribution in [0.15, 0.2) is 30.5 Å². The highest BCUT2D eigenvalue weighted by molar-refractivity contribution is 5.74. The summed E-state index contributed by atoms with van der Waals surface area (Å²) in [5.74, 6) is -0.0662. The third-order valence-electron chi connectivity index (χ3n) is 3.89. The van der Waals surface area contributed by atoms with Crippen molar-refractivity contribution in [1.82, 2.24) is 9.97 Å². The van der Waals surface area contributed by atoms with Gasteiger partial charge in [0.1, 0.15) is 0 Å². The topological polar surface area (TPSA) is 52.1 Å². The maximum atomic E-state index is 11.2. The minimum atomic E-state index is -0.0662. The average Bonchev–Trinajstić information content (AvgIpc) is 2.57. The molecule has 2 heterocycles. The number of pyridine rings is 2. The molecular formula is C19H26N2O2. The zero-order valence-corrected chi connectivity index (χ0v) is 14.0. The summed E-state index contributed by atoms with van der Waals surface area (Å²) in [5, 5.41) is 1.10. The molecule has 0 saturated carbocycles. The summed E-state index contributed by atoms with van der Waals surface area (Å²) in [6.07, 6.45) is 10.2. The monoisotopic (exact) mass is 314 g/mol. The molecule has 2 rings (SSSR count). The predicted molar refractivity (Wildman–Crippen MR) is 92.2 cm³/mol. The number of ether oxygens (including phenoxy) is 1. The maximum absolute atomic E-state index is 11.2. The molecule has 0 aliphatic carbocycles. The Morgan fingerprint density at radius 3 is 2.65 bits per heavy atom. The first-order chi connectivity index (χ1) is 11.3. The van der Waals surface area contributed by atoms with Crippen LogP contribution in [0.5, 0.6) is 0 Å². The minimum absolute atomic E-state index is 0.0662. The van der Waals surface area contributed by atoms with E-state index in [-0.39, 0.29) is 5.97 Å². The quantitative estimate of drug-likeness (QED) is 0.480. The lowest BCUT2D eigenvalue weighted by molar-refractivity contribution is -0.143. The van der Waals surface area contributed by atoms with Crippen LogP contribution in [0.2, 0.25) is 0 Å². The summed E-state index contributed by atoms with van der Waals surface area (Å²) in [6, 6.07) is 8.17. The van der Waals surface area contributed by atoms with Gasteiger partial charge in [0.25, 0.3) is 0 Å². The van der Waals surface area contributed by atoms with E-state index in [0.29, 0.717) is 13.0 Å². The van der Waals surface area contributed by atoms with Crippen LogP contribution in [-0.4, -0.2) is 22.5 Å². The van der Waals surface area contributed by atoms with Crippen LogP contribution in [0.3, 0.4) is 0 Å². The molecule has 124 valence electrons. The van der Waals surface area contributed by atoms with Gasteiger partial charge >= 0.3 is 5.97 Å². The Labute approximate surface area is 138 Å². The van der Waals surface area contributed by atoms with Gasteiger partial charge in [-0.15, -0.1) is 0 Å². The maximum Gasteiger partial charge on any atom is 0.305 e. The molecule has 23 heavy (non-hydrogen) atoms. The number of fused-ring (bicyclic) bond motifs is 1. The van der Waals surface area contributed by atoms with Crippen molar-refractivity contribution in [3.05, 3.63) is 36.2 Å². The van der Waals surface area contributed by atoms with E-state index in [2.05, 4.69) is 22.1 Å². The van der Waals surface area contributed by atoms with Gasteiger partial charge in [0.05, 0.1) is 6.61 Å². The molecule has 4 heteroatoms. The second kappa shape index (κ2) is 9.93. The van der Waals surface area contributed by atoms with Gasteiger partial charge in [0.2, 0.25) is 0 Å². The third-order valence-corrected chi connectivity index (χ3v) is 3.89. The Bertz CT molecular complexity index is 613. The number of hydrogen-bond donors (Lipinski definition) is 0. The summed E-state index contributed by atoms with van der Waals surface area (Å²) >= 11 is 0. The molecule has 0 aromatic carbocycles. The Morgan fingerprint density at radius 1 is 1.04 bits per heavy atom. The van der Waals surface area contributed by atoms with Crippen LogP contribution < -0.4 is 0 Å². The minimum Gasteiger partial charge on any atom is -0.466 e. The van der Waals surface area contributed by atoms with Crippen LogP contribution in [0.4, 0.5) is 0 Å². The van der Waals surface area contributed by atoms with E-state index in [1.165, 1.54) is 19.3 Å². The Balaban J connectivity index is 1.55. The highest BCUT2D eigenvalue weighted by Crippen LogP contribution is 2.13. The molecule has 0 atom stereocenters. The molecule has 0 saturated heterocycles. The number of hydrogen-bond acceptors (Lipinski definition) is 4. The van der Waals surface area contributed by atoms with E-state index in [0.717, 1.165) is 42.4 Å². The molecule has 0 aliphatic heterocycles. The van der Waals surface area contributed by atoms with Gasteiger partial charge in [-0.2, -0.15) is 0 Å². The van der Waals surface area contributed by atoms with Gasteiger partial charge in [-0.25, -0.2) is 9.97 Å². The third kappa shape index (κ3) is 6.35. The molecule has 4 nitrogen and oxygen atoms in total. The van der Waals surface area contributed by atoms with E-state index < -0.39 is 0 Å². The van der Waals surface area contributed by atoms with Crippen molar-refractivity contribution >= 4 is 17.0 Å². The smallest absolute Gasteiger partial charge is 0.305 e. The van der Waals surface area contributed by atoms with Crippen LogP contribution in [0.1, 0.15) is 57.6 Å². The first kappa shape index (κ1) is 17.4. The van der Waals surface area contributed by atoms with E-state index in [9.17, 15) is 4.79 Å². The number of carbonyl (C=O) groups excluding carboxylic acids is 1. The van der Waals surface area contributed by atoms with Gasteiger partial charge in [-0.05, 0) is 50.5 Å². The Kier molecular flexibility index (Phi) is 7.50. The van der Waals surface area contributed by atoms with Crippen molar-refractivity contribution in [3.63, 3.8) is 0 Å². The predicted octanol–water partition coefficient (Wildman–Crippen LogP) is 4.47. The molecule has 0 aliphatic rings. The van der Waals surface area contributed by atoms with Crippen LogP contribution in [-0.2, 0) is 16.0 Å². The zero-order valence-electron chi connectivity index (χ0n) is 14.0. The molecule has 0 N–H and O–H groups in total. The number of unbranched alkanes of at least 4 members (excludes halogenated alkanes) is 5. The second-order valence-corrected chi connectivity index (χ2v) is 5.78. The number of aromatic nitrogens is 2. The molecule has 0 amide bonds. The lowest BCUT2D eigenvalue weighted by atomic mass is 10.1. The number of carbonyl (C=O) groups is 1. The fourth-order valence-electron chi connectivity index (χ4n) is 2.65. The van der Waals surface area contributed by atoms with Crippen LogP contribution in [0, 0.1) is 0 Å². The highest BCUT2D eigenvalue weighted by Gasteiger charge is 2.01. The van der Waals surface area contributed by atoms with Crippen molar-refractivity contribution in [3.8, 4) is 0 Å². The number of aryl methyl sites for hydroxylation is 1. The van der Waals surface area contributed by atoms with E-state index in [1.54, 1.807) is 6.20 Å². The van der Waals surface area contributed by atoms with Crippen molar-refractivity contribution in [2.45, 2.75) is 58.3 Å². The number of esters is 1. The van der Waals surface area contributed by atoms with Crippen molar-refractivity contribution in [1.29, 1.82) is 0 Å². The van der Waals surface area contributed by atoms with E-state index in [4.69, 9.17) is 4.74 Å². The molecule has 0 spiro atoms. The molecule has 0 radical (unpaired) electrons. The van der Waals surface area contributed by atoms with Gasteiger partial charge in [-0.3, -0.25) is 4.79 Å². The van der Waals surface area contributed by atoms with E-state index in [1.807, 2.05) is 19.1 Å². The normalized spacial score (nSPS) is 10.8. The van der Waals surface area contributed by atoms with Gasteiger partial charge < -0.3 is 4.74 Å². The first-order valence-corrected chi connectivity index (χ1v) is 8.66. The van der Waals surface area contributed by atoms with Gasteiger partial charge in [0, 0.05) is 23.7 Å². The lowest BCUT2D eigenvalue weighted by Gasteiger charge is -2.04. The van der Waals surface area contributed by atoms with E-state index >= 15 is 0 Å². The van der Waals surface area contributed by atoms with Crippen molar-refractivity contribution in [2.24, 2.45) is 0 Å². The summed E-state index contributed by atoms with van der Waals surface area (Å²) in [4.78, 5) is 20.1. The summed E-state index contributed by atoms with van der Waals surface area (Å²) < 4.78 is 4.92. The molecule has 2 aromatic rings. The average molecular weight is 314 g/mol. The Morgan fingerprint density at radius 2 is 1.83 bits per heavy atom. The molecule has 2 aromatic heterocycles. The summed E-state index contributed by atoms with van der Waals surface area (Å²) in [7, 11) is 0. The molecule has 0 fully saturated rings. The second-order valence-electron chi connectivity index (χ2n) is 5.78. The fourth-order valence-corrected chi connectivity index (χ4v) is 2.65. The molecular weight excluding hydrogens is 288 g/mol. The molecule has 0 bridgehead atoms. The largest absolute Gasteiger partial charge is 0.466 e. The number of nitrogens with zero attached hydrogens (tertiary/aromatic N) is 2. The fraction of sp³-hybridized carbons (Fsp3) is 0.526. The first-order valence-electron chi connectivity index (χ1n) is 8.66. The number of rotatable bonds is 10. The van der Waals surface area contributed by atoms with Crippen molar-refractivity contribution in [2.75, 3.05) is 6.61 Å². The molecule has 0 unspecified atom stereocenters. The SMILES string of the molecule is CCOC(=O)CCCCCCCCc1ccc2cccnc2n1. The lowest BCUT2D eigenvalue weighted by Crippen LogP contribution is -2.03. The zero-order chi connectivity index (χ0) is 16.3. The summed E-state index contributed by atoms with van der Waals surface area (Å²) in [5.41, 5.74) is 1.96. The highest BCUT2D eigenvalue weighted by atomic mass is 16.5. The Hall–Kier alpha value is -1.97. The van der Waals surface area contributed by atoms with Crippen LogP contribution in [0.25, 0.3) is 11.0 Å². The summed E-state index contributed by atoms with van der Waals surface area (Å²) in [6.45, 7) is 2.33. The standard InChI is InChI=1S/C19H26N2O2/c1-2-23-18(22)12-8-6-4-3-5-7-11-17-14-13-16-10-9-15-20-19(16)21-17/h9-10,13-15H,2-8,11-12H2,1H3.